The molecule has 2 saturated heterocycles. The SMILES string of the molecule is CN1CC(=O)N2[C@@H](CC(=O)O)C(=O)N(CCc3ccccc3)C[C@@H]2N1C(=O)NCc1ccc(F)cc1. The van der Waals surface area contributed by atoms with Gasteiger partial charge in [0, 0.05) is 20.1 Å². The van der Waals surface area contributed by atoms with Gasteiger partial charge in [0.1, 0.15) is 18.0 Å². The lowest BCUT2D eigenvalue weighted by Crippen LogP contribution is -2.76. The van der Waals surface area contributed by atoms with Gasteiger partial charge in [-0.25, -0.2) is 19.2 Å². The lowest BCUT2D eigenvalue weighted by molar-refractivity contribution is -0.188. The van der Waals surface area contributed by atoms with Crippen LogP contribution in [0.4, 0.5) is 9.18 Å². The number of likely N-dealkylation sites (N-methyl/N-ethyl adjacent to an activating group) is 1. The molecular weight excluding hydrogens is 469 g/mol. The smallest absolute Gasteiger partial charge is 0.334 e. The molecule has 4 rings (SSSR count). The number of benzene rings is 2. The van der Waals surface area contributed by atoms with Crippen molar-refractivity contribution in [2.45, 2.75) is 31.6 Å². The van der Waals surface area contributed by atoms with Crippen LogP contribution < -0.4 is 5.32 Å². The summed E-state index contributed by atoms with van der Waals surface area (Å²) in [5, 5.41) is 15.1. The fraction of sp³-hybridized carbons (Fsp3) is 0.360. The van der Waals surface area contributed by atoms with E-state index in [-0.39, 0.29) is 25.5 Å². The van der Waals surface area contributed by atoms with Crippen LogP contribution in [-0.2, 0) is 27.3 Å². The highest BCUT2D eigenvalue weighted by Crippen LogP contribution is 2.27. The zero-order chi connectivity index (χ0) is 25.8. The van der Waals surface area contributed by atoms with E-state index in [0.29, 0.717) is 18.5 Å². The molecule has 190 valence electrons. The number of carbonyl (C=O) groups is 4. The van der Waals surface area contributed by atoms with Crippen LogP contribution in [0, 0.1) is 5.82 Å². The number of aliphatic carboxylic acids is 1. The van der Waals surface area contributed by atoms with E-state index in [1.54, 1.807) is 19.2 Å². The first-order chi connectivity index (χ1) is 17.2. The van der Waals surface area contributed by atoms with Gasteiger partial charge in [0.05, 0.1) is 19.5 Å². The Labute approximate surface area is 207 Å². The Bertz CT molecular complexity index is 1130. The van der Waals surface area contributed by atoms with E-state index >= 15 is 0 Å². The third-order valence-electron chi connectivity index (χ3n) is 6.39. The number of piperazine rings is 1. The van der Waals surface area contributed by atoms with Crippen LogP contribution in [-0.4, -0.2) is 87.6 Å². The lowest BCUT2D eigenvalue weighted by Gasteiger charge is -2.54. The van der Waals surface area contributed by atoms with E-state index in [9.17, 15) is 28.7 Å². The Morgan fingerprint density at radius 2 is 1.75 bits per heavy atom. The second-order valence-corrected chi connectivity index (χ2v) is 8.86. The average molecular weight is 498 g/mol. The van der Waals surface area contributed by atoms with Crippen molar-refractivity contribution in [3.05, 3.63) is 71.5 Å². The van der Waals surface area contributed by atoms with Gasteiger partial charge >= 0.3 is 12.0 Å². The number of carbonyl (C=O) groups excluding carboxylic acids is 3. The molecule has 0 aromatic heterocycles. The zero-order valence-electron chi connectivity index (χ0n) is 19.8. The van der Waals surface area contributed by atoms with E-state index in [0.717, 1.165) is 5.56 Å². The molecule has 36 heavy (non-hydrogen) atoms. The number of urea groups is 1. The molecule has 2 atom stereocenters. The topological polar surface area (TPSA) is 114 Å². The van der Waals surface area contributed by atoms with Crippen LogP contribution in [0.3, 0.4) is 0 Å². The number of hydrogen-bond acceptors (Lipinski definition) is 5. The number of nitrogens with one attached hydrogen (secondary N) is 1. The summed E-state index contributed by atoms with van der Waals surface area (Å²) in [6.45, 7) is 0.293. The molecule has 0 radical (unpaired) electrons. The number of carboxylic acids is 1. The maximum Gasteiger partial charge on any atom is 0.334 e. The van der Waals surface area contributed by atoms with E-state index in [1.165, 1.54) is 32.0 Å². The average Bonchev–Trinajstić information content (AvgIpc) is 2.84. The van der Waals surface area contributed by atoms with E-state index in [4.69, 9.17) is 0 Å². The predicted molar refractivity (Wildman–Crippen MR) is 127 cm³/mol. The molecule has 4 amide bonds. The molecule has 2 heterocycles. The molecule has 0 spiro atoms. The molecule has 2 aromatic carbocycles. The number of nitrogens with zero attached hydrogens (tertiary/aromatic N) is 4. The first-order valence-corrected chi connectivity index (χ1v) is 11.6. The summed E-state index contributed by atoms with van der Waals surface area (Å²) in [5.74, 6) is -2.47. The molecule has 0 unspecified atom stereocenters. The van der Waals surface area contributed by atoms with Gasteiger partial charge < -0.3 is 20.2 Å². The second-order valence-electron chi connectivity index (χ2n) is 8.86. The number of hydrogen-bond donors (Lipinski definition) is 2. The van der Waals surface area contributed by atoms with Gasteiger partial charge in [-0.2, -0.15) is 0 Å². The van der Waals surface area contributed by atoms with Crippen molar-refractivity contribution in [2.24, 2.45) is 0 Å². The van der Waals surface area contributed by atoms with Crippen LogP contribution in [0.5, 0.6) is 0 Å². The normalized spacial score (nSPS) is 20.3. The third kappa shape index (κ3) is 5.46. The van der Waals surface area contributed by atoms with Gasteiger partial charge in [-0.05, 0) is 29.7 Å². The van der Waals surface area contributed by atoms with Gasteiger partial charge in [-0.1, -0.05) is 42.5 Å². The summed E-state index contributed by atoms with van der Waals surface area (Å²) in [4.78, 5) is 53.9. The Morgan fingerprint density at radius 3 is 2.42 bits per heavy atom. The van der Waals surface area contributed by atoms with Crippen molar-refractivity contribution in [2.75, 3.05) is 26.7 Å². The van der Waals surface area contributed by atoms with Crippen LogP contribution in [0.25, 0.3) is 0 Å². The molecule has 2 aliphatic rings. The van der Waals surface area contributed by atoms with Gasteiger partial charge in [-0.15, -0.1) is 0 Å². The Hall–Kier alpha value is -3.99. The molecule has 11 heteroatoms. The van der Waals surface area contributed by atoms with E-state index in [1.807, 2.05) is 30.3 Å². The number of fused-ring (bicyclic) bond motifs is 1. The minimum atomic E-state index is -1.22. The minimum absolute atomic E-state index is 0.0435. The number of halogens is 1. The summed E-state index contributed by atoms with van der Waals surface area (Å²) in [6.07, 6.45) is -0.889. The number of hydrazine groups is 1. The summed E-state index contributed by atoms with van der Waals surface area (Å²) in [7, 11) is 1.59. The Kier molecular flexibility index (Phi) is 7.49. The summed E-state index contributed by atoms with van der Waals surface area (Å²) in [5.41, 5.74) is 1.69. The Balaban J connectivity index is 1.56. The summed E-state index contributed by atoms with van der Waals surface area (Å²) >= 11 is 0. The molecule has 2 fully saturated rings. The lowest BCUT2D eigenvalue weighted by atomic mass is 10.0. The zero-order valence-corrected chi connectivity index (χ0v) is 19.8. The first-order valence-electron chi connectivity index (χ1n) is 11.6. The molecule has 0 aliphatic carbocycles. The molecule has 0 saturated carbocycles. The molecule has 0 bridgehead atoms. The maximum atomic E-state index is 13.3. The molecule has 10 nitrogen and oxygen atoms in total. The van der Waals surface area contributed by atoms with Gasteiger partial charge in [0.25, 0.3) is 0 Å². The second kappa shape index (κ2) is 10.7. The van der Waals surface area contributed by atoms with Crippen molar-refractivity contribution in [1.82, 2.24) is 25.1 Å². The van der Waals surface area contributed by atoms with E-state index < -0.39 is 42.4 Å². The van der Waals surface area contributed by atoms with E-state index in [2.05, 4.69) is 5.32 Å². The quantitative estimate of drug-likeness (QED) is 0.596. The molecular formula is C25H28FN5O5. The highest BCUT2D eigenvalue weighted by atomic mass is 19.1. The standard InChI is InChI=1S/C25H28FN5O5/c1-28-16-22(32)30-20(13-23(33)34)24(35)29(12-11-17-5-3-2-4-6-17)15-21(30)31(28)25(36)27-14-18-7-9-19(26)10-8-18/h2-10,20-21H,11-16H2,1H3,(H,27,36)(H,33,34)/t20-,21-/m0/s1. The Morgan fingerprint density at radius 1 is 1.06 bits per heavy atom. The van der Waals surface area contributed by atoms with Crippen LogP contribution in [0.2, 0.25) is 0 Å². The number of amides is 4. The fourth-order valence-electron chi connectivity index (χ4n) is 4.64. The van der Waals surface area contributed by atoms with Crippen molar-refractivity contribution in [3.8, 4) is 0 Å². The van der Waals surface area contributed by atoms with Gasteiger partial charge in [0.15, 0.2) is 0 Å². The number of carboxylic acid groups (broad SMARTS) is 1. The summed E-state index contributed by atoms with van der Waals surface area (Å²) < 4.78 is 13.2. The highest BCUT2D eigenvalue weighted by Gasteiger charge is 2.51. The van der Waals surface area contributed by atoms with Gasteiger partial charge in [0.2, 0.25) is 11.8 Å². The first kappa shape index (κ1) is 25.1. The summed E-state index contributed by atoms with van der Waals surface area (Å²) in [6, 6.07) is 13.5. The molecule has 2 aromatic rings. The van der Waals surface area contributed by atoms with Crippen molar-refractivity contribution < 1.29 is 28.7 Å². The minimum Gasteiger partial charge on any atom is -0.481 e. The van der Waals surface area contributed by atoms with Crippen molar-refractivity contribution >= 4 is 23.8 Å². The third-order valence-corrected chi connectivity index (χ3v) is 6.39. The van der Waals surface area contributed by atoms with Crippen LogP contribution in [0.15, 0.2) is 54.6 Å². The fourth-order valence-corrected chi connectivity index (χ4v) is 4.64. The highest BCUT2D eigenvalue weighted by molar-refractivity contribution is 5.93. The predicted octanol–water partition coefficient (Wildman–Crippen LogP) is 1.28. The maximum absolute atomic E-state index is 13.3. The van der Waals surface area contributed by atoms with Crippen molar-refractivity contribution in [3.63, 3.8) is 0 Å². The molecule has 2 N–H and O–H groups in total. The van der Waals surface area contributed by atoms with Crippen LogP contribution >= 0.6 is 0 Å². The van der Waals surface area contributed by atoms with Gasteiger partial charge in [-0.3, -0.25) is 14.4 Å². The monoisotopic (exact) mass is 497 g/mol. The largest absolute Gasteiger partial charge is 0.481 e. The number of rotatable bonds is 7. The van der Waals surface area contributed by atoms with Crippen LogP contribution in [0.1, 0.15) is 17.5 Å². The molecule has 2 aliphatic heterocycles. The van der Waals surface area contributed by atoms with Crippen molar-refractivity contribution in [1.29, 1.82) is 0 Å².